The van der Waals surface area contributed by atoms with Crippen molar-refractivity contribution >= 4 is 27.5 Å². The van der Waals surface area contributed by atoms with Gasteiger partial charge in [0.2, 0.25) is 10.0 Å². The minimum absolute atomic E-state index is 0.0769. The fourth-order valence-electron chi connectivity index (χ4n) is 6.34. The van der Waals surface area contributed by atoms with Gasteiger partial charge in [-0.2, -0.15) is 9.57 Å². The number of piperazine rings is 1. The number of carbonyl (C=O) groups is 2. The summed E-state index contributed by atoms with van der Waals surface area (Å²) in [6, 6.07) is 20.2. The molecular weight excluding hydrogens is 602 g/mol. The van der Waals surface area contributed by atoms with Crippen molar-refractivity contribution in [1.29, 1.82) is 5.26 Å². The third kappa shape index (κ3) is 7.22. The molecule has 0 saturated carbocycles. The van der Waals surface area contributed by atoms with Gasteiger partial charge in [0, 0.05) is 76.8 Å². The van der Waals surface area contributed by atoms with Crippen LogP contribution in [-0.2, 0) is 16.6 Å². The topological polar surface area (TPSA) is 130 Å². The third-order valence-electron chi connectivity index (χ3n) is 9.13. The first-order valence-corrected chi connectivity index (χ1v) is 17.4. The molecule has 4 heterocycles. The standard InChI is InChI=1S/C34H39N7O4S/c35-23-26-3-5-27(6-4-26)25-38-17-13-29(14-18-38)37-33(42)28-7-12-32(36-24-28)34(43)40-21-19-39(20-22-40)30-8-10-31(11-9-30)46(44,45)41-15-1-2-16-41/h3-12,24,29H,1-2,13-22,25H2,(H,37,42). The van der Waals surface area contributed by atoms with Gasteiger partial charge >= 0.3 is 0 Å². The van der Waals surface area contributed by atoms with Crippen molar-refractivity contribution in [2.75, 3.05) is 57.3 Å². The SMILES string of the molecule is N#Cc1ccc(CN2CCC(NC(=O)c3ccc(C(=O)N4CCN(c5ccc(S(=O)(=O)N6CCCC6)cc5)CC4)nc3)CC2)cc1. The monoisotopic (exact) mass is 641 g/mol. The molecule has 2 amide bonds. The maximum absolute atomic E-state index is 13.2. The Balaban J connectivity index is 0.951. The van der Waals surface area contributed by atoms with E-state index in [1.165, 1.54) is 11.8 Å². The summed E-state index contributed by atoms with van der Waals surface area (Å²) in [5, 5.41) is 12.1. The average molecular weight is 642 g/mol. The second kappa shape index (κ2) is 14.0. The molecule has 3 fully saturated rings. The Morgan fingerprint density at radius 1 is 0.848 bits per heavy atom. The van der Waals surface area contributed by atoms with Crippen LogP contribution in [0.5, 0.6) is 0 Å². The molecule has 46 heavy (non-hydrogen) atoms. The molecule has 0 aliphatic carbocycles. The number of pyridine rings is 1. The zero-order valence-corrected chi connectivity index (χ0v) is 26.7. The molecule has 1 aromatic heterocycles. The molecule has 2 aromatic carbocycles. The molecule has 3 saturated heterocycles. The van der Waals surface area contributed by atoms with E-state index in [1.807, 2.05) is 36.4 Å². The van der Waals surface area contributed by atoms with Gasteiger partial charge in [0.05, 0.1) is 22.1 Å². The summed E-state index contributed by atoms with van der Waals surface area (Å²) in [4.78, 5) is 37.0. The quantitative estimate of drug-likeness (QED) is 0.397. The summed E-state index contributed by atoms with van der Waals surface area (Å²) in [6.07, 6.45) is 4.97. The fourth-order valence-corrected chi connectivity index (χ4v) is 7.86. The van der Waals surface area contributed by atoms with E-state index in [-0.39, 0.29) is 17.9 Å². The number of rotatable bonds is 8. The van der Waals surface area contributed by atoms with Gasteiger partial charge in [-0.3, -0.25) is 19.5 Å². The van der Waals surface area contributed by atoms with Crippen molar-refractivity contribution in [2.24, 2.45) is 0 Å². The van der Waals surface area contributed by atoms with Crippen LogP contribution in [0, 0.1) is 11.3 Å². The first kappa shape index (κ1) is 31.7. The molecule has 3 aromatic rings. The highest BCUT2D eigenvalue weighted by molar-refractivity contribution is 7.89. The van der Waals surface area contributed by atoms with Gasteiger partial charge in [0.15, 0.2) is 0 Å². The van der Waals surface area contributed by atoms with Gasteiger partial charge in [0.25, 0.3) is 11.8 Å². The summed E-state index contributed by atoms with van der Waals surface area (Å²) in [6.45, 7) is 5.99. The minimum atomic E-state index is -3.45. The number of amides is 2. The number of nitrogens with zero attached hydrogens (tertiary/aromatic N) is 6. The fraction of sp³-hybridized carbons (Fsp3) is 0.412. The van der Waals surface area contributed by atoms with E-state index in [9.17, 15) is 18.0 Å². The van der Waals surface area contributed by atoms with Crippen LogP contribution in [0.3, 0.4) is 0 Å². The summed E-state index contributed by atoms with van der Waals surface area (Å²) >= 11 is 0. The zero-order chi connectivity index (χ0) is 32.1. The highest BCUT2D eigenvalue weighted by atomic mass is 32.2. The first-order valence-electron chi connectivity index (χ1n) is 15.9. The van der Waals surface area contributed by atoms with Crippen molar-refractivity contribution in [3.8, 4) is 6.07 Å². The molecule has 11 nitrogen and oxygen atoms in total. The van der Waals surface area contributed by atoms with Crippen LogP contribution in [0.4, 0.5) is 5.69 Å². The predicted octanol–water partition coefficient (Wildman–Crippen LogP) is 3.09. The van der Waals surface area contributed by atoms with Gasteiger partial charge in [-0.05, 0) is 79.8 Å². The minimum Gasteiger partial charge on any atom is -0.368 e. The number of carbonyl (C=O) groups excluding carboxylic acids is 2. The summed E-state index contributed by atoms with van der Waals surface area (Å²) in [5.74, 6) is -0.363. The number of benzene rings is 2. The van der Waals surface area contributed by atoms with Crippen LogP contribution >= 0.6 is 0 Å². The molecule has 0 unspecified atom stereocenters. The van der Waals surface area contributed by atoms with E-state index >= 15 is 0 Å². The van der Waals surface area contributed by atoms with Gasteiger partial charge in [-0.25, -0.2) is 8.42 Å². The molecular formula is C34H39N7O4S. The third-order valence-corrected chi connectivity index (χ3v) is 11.0. The Hall–Kier alpha value is -4.31. The van der Waals surface area contributed by atoms with Crippen molar-refractivity contribution < 1.29 is 18.0 Å². The van der Waals surface area contributed by atoms with Crippen LogP contribution < -0.4 is 10.2 Å². The van der Waals surface area contributed by atoms with E-state index in [2.05, 4.69) is 26.2 Å². The van der Waals surface area contributed by atoms with Crippen LogP contribution in [0.15, 0.2) is 71.8 Å². The highest BCUT2D eigenvalue weighted by Gasteiger charge is 2.28. The van der Waals surface area contributed by atoms with E-state index in [0.29, 0.717) is 61.0 Å². The number of sulfonamides is 1. The lowest BCUT2D eigenvalue weighted by molar-refractivity contribution is 0.0740. The van der Waals surface area contributed by atoms with Gasteiger partial charge < -0.3 is 15.1 Å². The van der Waals surface area contributed by atoms with Gasteiger partial charge in [0.1, 0.15) is 5.69 Å². The summed E-state index contributed by atoms with van der Waals surface area (Å²) < 4.78 is 27.2. The smallest absolute Gasteiger partial charge is 0.272 e. The number of hydrogen-bond acceptors (Lipinski definition) is 8. The van der Waals surface area contributed by atoms with Crippen LogP contribution in [-0.4, -0.2) is 97.7 Å². The van der Waals surface area contributed by atoms with Crippen molar-refractivity contribution in [2.45, 2.75) is 43.2 Å². The lowest BCUT2D eigenvalue weighted by Gasteiger charge is -2.36. The maximum atomic E-state index is 13.2. The molecule has 0 bridgehead atoms. The van der Waals surface area contributed by atoms with Gasteiger partial charge in [-0.15, -0.1) is 0 Å². The molecule has 12 heteroatoms. The molecule has 0 atom stereocenters. The van der Waals surface area contributed by atoms with E-state index in [0.717, 1.165) is 51.0 Å². The summed E-state index contributed by atoms with van der Waals surface area (Å²) in [7, 11) is -3.45. The maximum Gasteiger partial charge on any atom is 0.272 e. The zero-order valence-electron chi connectivity index (χ0n) is 25.8. The van der Waals surface area contributed by atoms with Crippen molar-refractivity contribution in [3.05, 3.63) is 89.2 Å². The number of anilines is 1. The van der Waals surface area contributed by atoms with Crippen molar-refractivity contribution in [1.82, 2.24) is 24.4 Å². The largest absolute Gasteiger partial charge is 0.368 e. The van der Waals surface area contributed by atoms with E-state index in [4.69, 9.17) is 5.26 Å². The normalized spacial score (nSPS) is 18.3. The van der Waals surface area contributed by atoms with Gasteiger partial charge in [-0.1, -0.05) is 12.1 Å². The number of likely N-dealkylation sites (tertiary alicyclic amines) is 1. The molecule has 3 aliphatic rings. The Labute approximate surface area is 270 Å². The first-order chi connectivity index (χ1) is 22.3. The molecule has 1 N–H and O–H groups in total. The van der Waals surface area contributed by atoms with E-state index in [1.54, 1.807) is 33.5 Å². The van der Waals surface area contributed by atoms with Crippen LogP contribution in [0.2, 0.25) is 0 Å². The second-order valence-electron chi connectivity index (χ2n) is 12.1. The second-order valence-corrected chi connectivity index (χ2v) is 14.1. The number of piperidine rings is 1. The highest BCUT2D eigenvalue weighted by Crippen LogP contribution is 2.24. The summed E-state index contributed by atoms with van der Waals surface area (Å²) in [5.41, 5.74) is 3.48. The molecule has 6 rings (SSSR count). The Kier molecular flexibility index (Phi) is 9.63. The van der Waals surface area contributed by atoms with Crippen LogP contribution in [0.25, 0.3) is 0 Å². The Bertz CT molecular complexity index is 1670. The number of nitrogens with one attached hydrogen (secondary N) is 1. The molecule has 240 valence electrons. The Morgan fingerprint density at radius 3 is 2.13 bits per heavy atom. The molecule has 0 spiro atoms. The lowest BCUT2D eigenvalue weighted by atomic mass is 10.0. The Morgan fingerprint density at radius 2 is 1.52 bits per heavy atom. The molecule has 3 aliphatic heterocycles. The van der Waals surface area contributed by atoms with Crippen LogP contribution in [0.1, 0.15) is 57.7 Å². The average Bonchev–Trinajstić information content (AvgIpc) is 3.66. The number of hydrogen-bond donors (Lipinski definition) is 1. The number of nitriles is 1. The predicted molar refractivity (Wildman–Crippen MR) is 174 cm³/mol. The lowest BCUT2D eigenvalue weighted by Crippen LogP contribution is -2.49. The molecule has 0 radical (unpaired) electrons. The van der Waals surface area contributed by atoms with E-state index < -0.39 is 10.0 Å². The number of aromatic nitrogens is 1. The van der Waals surface area contributed by atoms with Crippen molar-refractivity contribution in [3.63, 3.8) is 0 Å².